The maximum atomic E-state index is 6.19. The van der Waals surface area contributed by atoms with Crippen LogP contribution in [0, 0.1) is 25.2 Å². The summed E-state index contributed by atoms with van der Waals surface area (Å²) >= 11 is -5.34. The maximum absolute atomic E-state index is 6.19. The van der Waals surface area contributed by atoms with Gasteiger partial charge in [0, 0.05) is 0 Å². The van der Waals surface area contributed by atoms with Gasteiger partial charge >= 0.3 is 359 Å². The number of unbranched alkanes of at least 4 members (excludes halogenated alkanes) is 1. The molecule has 3 heteroatoms. The molecule has 0 spiro atoms. The molecule has 0 saturated carbocycles. The van der Waals surface area contributed by atoms with Crippen molar-refractivity contribution in [3.05, 3.63) is 132 Å². The molecule has 4 aromatic carbocycles. The van der Waals surface area contributed by atoms with Crippen molar-refractivity contribution in [1.82, 2.24) is 0 Å². The van der Waals surface area contributed by atoms with E-state index in [0.717, 1.165) is 12.8 Å². The fourth-order valence-electron chi connectivity index (χ4n) is 10.7. The monoisotopic (exact) mass is 924 g/mol. The van der Waals surface area contributed by atoms with Gasteiger partial charge in [0.05, 0.1) is 0 Å². The molecule has 326 valence electrons. The molecule has 6 rings (SSSR count). The number of allylic oxidation sites excluding steroid dienone is 4. The quantitative estimate of drug-likeness (QED) is 0.153. The molecule has 60 heavy (non-hydrogen) atoms. The fourth-order valence-corrected chi connectivity index (χ4v) is 28.3. The zero-order valence-electron chi connectivity index (χ0n) is 40.9. The van der Waals surface area contributed by atoms with Crippen LogP contribution in [0.15, 0.2) is 87.7 Å². The first-order valence-corrected chi connectivity index (χ1v) is 29.2. The Kier molecular flexibility index (Phi) is 14.0. The van der Waals surface area contributed by atoms with E-state index in [4.69, 9.17) is 4.21 Å². The first-order valence-electron chi connectivity index (χ1n) is 22.5. The molecule has 2 aliphatic carbocycles. The third-order valence-corrected chi connectivity index (χ3v) is 30.3. The molecule has 2 aliphatic rings. The third kappa shape index (κ3) is 8.54. The van der Waals surface area contributed by atoms with Crippen LogP contribution in [0.3, 0.4) is 0 Å². The molecule has 0 nitrogen and oxygen atoms in total. The van der Waals surface area contributed by atoms with Crippen LogP contribution in [0.5, 0.6) is 0 Å². The van der Waals surface area contributed by atoms with Crippen LogP contribution in [0.2, 0.25) is 0 Å². The third-order valence-electron chi connectivity index (χ3n) is 13.9. The number of aryl methyl sites for hydroxylation is 2. The van der Waals surface area contributed by atoms with Crippen molar-refractivity contribution in [2.75, 3.05) is 0 Å². The minimum absolute atomic E-state index is 0. The van der Waals surface area contributed by atoms with Crippen LogP contribution in [0.1, 0.15) is 175 Å². The first kappa shape index (κ1) is 50.3. The van der Waals surface area contributed by atoms with Crippen molar-refractivity contribution in [2.24, 2.45) is 11.3 Å². The standard InChI is InChI=1S/C29H41.C13H21.2C7H7.CH2.2ClH.Zr/c1-26(2,3)22-14-18-13-19-15-23(27(4,5)6)25(29(10,11)12)17-21(19)20(18)16-24(22)28(7,8)9;1-5-6-7-11-8-9-12(10-11)13(2,3)4;2*1-7-5-3-2-4-6-7;;;;/h14,16-17H,13H2,1-12H3;9-11H,5-7H2,1-4H3;2*3-6H,1H3;1H2;2*1H;. The molecule has 0 N–H and O–H groups in total. The van der Waals surface area contributed by atoms with E-state index in [-0.39, 0.29) is 51.9 Å². The second-order valence-corrected chi connectivity index (χ2v) is 36.5. The summed E-state index contributed by atoms with van der Waals surface area (Å²) in [6.45, 7) is 43.3. The van der Waals surface area contributed by atoms with E-state index >= 15 is 0 Å². The van der Waals surface area contributed by atoms with Crippen LogP contribution in [0.25, 0.3) is 11.1 Å². The van der Waals surface area contributed by atoms with Crippen molar-refractivity contribution in [3.8, 4) is 11.1 Å². The van der Waals surface area contributed by atoms with E-state index in [0.29, 0.717) is 5.92 Å². The van der Waals surface area contributed by atoms with Gasteiger partial charge in [0.1, 0.15) is 0 Å². The zero-order chi connectivity index (χ0) is 43.2. The summed E-state index contributed by atoms with van der Waals surface area (Å²) in [6, 6.07) is 27.6. The second kappa shape index (κ2) is 16.7. The van der Waals surface area contributed by atoms with E-state index in [1.807, 2.05) is 0 Å². The van der Waals surface area contributed by atoms with Gasteiger partial charge in [-0.3, -0.25) is 0 Å². The predicted octanol–water partition coefficient (Wildman–Crippen LogP) is 15.0. The van der Waals surface area contributed by atoms with Gasteiger partial charge < -0.3 is 0 Å². The Balaban J connectivity index is 0.00000397. The summed E-state index contributed by atoms with van der Waals surface area (Å²) in [4.78, 5) is 0. The molecule has 4 aromatic rings. The Labute approximate surface area is 381 Å². The van der Waals surface area contributed by atoms with Gasteiger partial charge in [-0.05, 0) is 0 Å². The van der Waals surface area contributed by atoms with Crippen molar-refractivity contribution in [3.63, 3.8) is 0 Å². The van der Waals surface area contributed by atoms with Crippen LogP contribution in [0.4, 0.5) is 0 Å². The van der Waals surface area contributed by atoms with Gasteiger partial charge in [-0.1, -0.05) is 0 Å². The topological polar surface area (TPSA) is 0 Å². The summed E-state index contributed by atoms with van der Waals surface area (Å²) in [5.74, 6) is 0.324. The Morgan fingerprint density at radius 2 is 1.03 bits per heavy atom. The summed E-state index contributed by atoms with van der Waals surface area (Å²) in [5, 5.41) is 0. The molecule has 0 saturated heterocycles. The number of hydrogen-bond acceptors (Lipinski definition) is 0. The molecule has 1 unspecified atom stereocenters. The fraction of sp³-hybridized carbons (Fsp3) is 0.491. The van der Waals surface area contributed by atoms with E-state index in [1.54, 1.807) is 17.7 Å². The molecule has 0 radical (unpaired) electrons. The molecule has 0 fully saturated rings. The molecule has 0 bridgehead atoms. The Morgan fingerprint density at radius 3 is 1.45 bits per heavy atom. The summed E-state index contributed by atoms with van der Waals surface area (Å²) in [7, 11) is 0. The van der Waals surface area contributed by atoms with E-state index in [9.17, 15) is 0 Å². The number of benzene rings is 4. The number of halogens is 2. The normalized spacial score (nSPS) is 16.1. The molecule has 1 atom stereocenters. The van der Waals surface area contributed by atoms with Crippen molar-refractivity contribution < 1.29 is 18.3 Å². The average Bonchev–Trinajstić information content (AvgIpc) is 3.70. The Bertz CT molecular complexity index is 2310. The summed E-state index contributed by atoms with van der Waals surface area (Å²) < 4.78 is 12.4. The molecule has 0 heterocycles. The van der Waals surface area contributed by atoms with Crippen molar-refractivity contribution in [2.45, 2.75) is 172 Å². The molecular formula is C57H80Cl2Zr. The Morgan fingerprint density at radius 1 is 0.583 bits per heavy atom. The van der Waals surface area contributed by atoms with E-state index < -0.39 is 18.3 Å². The number of hydrogen-bond donors (Lipinski definition) is 0. The second-order valence-electron chi connectivity index (χ2n) is 23.8. The minimum atomic E-state index is -5.34. The van der Waals surface area contributed by atoms with Crippen molar-refractivity contribution in [1.29, 1.82) is 0 Å². The van der Waals surface area contributed by atoms with Crippen LogP contribution in [-0.2, 0) is 46.4 Å². The Hall–Kier alpha value is -2.31. The number of rotatable bonds is 7. The summed E-state index contributed by atoms with van der Waals surface area (Å²) in [6.07, 6.45) is 9.88. The van der Waals surface area contributed by atoms with E-state index in [1.165, 1.54) is 69.5 Å². The number of fused-ring (bicyclic) bond motifs is 3. The van der Waals surface area contributed by atoms with Gasteiger partial charge in [-0.2, -0.15) is 0 Å². The molecule has 0 amide bonds. The van der Waals surface area contributed by atoms with Crippen molar-refractivity contribution >= 4 is 38.8 Å². The van der Waals surface area contributed by atoms with Gasteiger partial charge in [-0.15, -0.1) is 24.8 Å². The van der Waals surface area contributed by atoms with E-state index in [2.05, 4.69) is 204 Å². The van der Waals surface area contributed by atoms with Gasteiger partial charge in [0.2, 0.25) is 0 Å². The molecular weight excluding hydrogens is 847 g/mol. The first-order chi connectivity index (χ1) is 26.5. The van der Waals surface area contributed by atoms with Crippen LogP contribution in [-0.4, -0.2) is 4.21 Å². The summed E-state index contributed by atoms with van der Waals surface area (Å²) in [5.41, 5.74) is 15.8. The SMILES string of the molecule is Cl.Cl.[CH2]=[Zr]([C]1=CC(C(C)(C)C)=CC1CCCC)([c]1ccc(C)cc1)([c]1ccc(C)cc1)[c]1c2c(cc(C(C)(C)C)c1C(C)(C)C)-c1cc(C(C)(C)C)c(C(C)(C)C)cc1C2. The molecule has 0 aliphatic heterocycles. The van der Waals surface area contributed by atoms with Crippen LogP contribution < -0.4 is 9.81 Å². The van der Waals surface area contributed by atoms with Gasteiger partial charge in [0.25, 0.3) is 0 Å². The van der Waals surface area contributed by atoms with Gasteiger partial charge in [-0.25, -0.2) is 0 Å². The predicted molar refractivity (Wildman–Crippen MR) is 271 cm³/mol. The average molecular weight is 927 g/mol. The zero-order valence-corrected chi connectivity index (χ0v) is 45.0. The van der Waals surface area contributed by atoms with Gasteiger partial charge in [0.15, 0.2) is 0 Å². The molecule has 0 aromatic heterocycles. The van der Waals surface area contributed by atoms with Crippen LogP contribution >= 0.6 is 24.8 Å².